The zero-order valence-electron chi connectivity index (χ0n) is 9.37. The lowest BCUT2D eigenvalue weighted by atomic mass is 10.0. The van der Waals surface area contributed by atoms with Crippen molar-refractivity contribution in [2.24, 2.45) is 5.92 Å². The van der Waals surface area contributed by atoms with E-state index in [0.29, 0.717) is 0 Å². The third kappa shape index (κ3) is 2.06. The quantitative estimate of drug-likeness (QED) is 0.866. The van der Waals surface area contributed by atoms with Crippen LogP contribution in [0.3, 0.4) is 0 Å². The minimum absolute atomic E-state index is 0.775. The normalized spacial score (nSPS) is 20.0. The highest BCUT2D eigenvalue weighted by Gasteiger charge is 2.20. The summed E-state index contributed by atoms with van der Waals surface area (Å²) in [5.74, 6) is 4.42. The van der Waals surface area contributed by atoms with Crippen LogP contribution in [0.2, 0.25) is 0 Å². The Hall–Kier alpha value is -0.670. The highest BCUT2D eigenvalue weighted by atomic mass is 32.2. The van der Waals surface area contributed by atoms with Gasteiger partial charge in [-0.2, -0.15) is 11.8 Å². The first-order valence-corrected chi connectivity index (χ1v) is 7.11. The molecule has 1 aromatic carbocycles. The summed E-state index contributed by atoms with van der Waals surface area (Å²) in [6.45, 7) is 2.95. The SMILES string of the molecule is c1cc2c(c(OCC3CSC3)c1)CNCC2. The molecule has 1 N–H and O–H groups in total. The lowest BCUT2D eigenvalue weighted by Crippen LogP contribution is -2.27. The number of fused-ring (bicyclic) bond motifs is 1. The average molecular weight is 235 g/mol. The standard InChI is InChI=1S/C13H17NOS/c1-2-11-4-5-14-6-12(11)13(3-1)15-7-10-8-16-9-10/h1-3,10,14H,4-9H2. The van der Waals surface area contributed by atoms with Crippen LogP contribution in [0.5, 0.6) is 5.75 Å². The fourth-order valence-electron chi connectivity index (χ4n) is 2.21. The van der Waals surface area contributed by atoms with Crippen molar-refractivity contribution in [3.63, 3.8) is 0 Å². The summed E-state index contributed by atoms with van der Waals surface area (Å²) in [6, 6.07) is 6.45. The highest BCUT2D eigenvalue weighted by Crippen LogP contribution is 2.28. The molecule has 0 aliphatic carbocycles. The fraction of sp³-hybridized carbons (Fsp3) is 0.538. The van der Waals surface area contributed by atoms with Crippen LogP contribution in [0.25, 0.3) is 0 Å². The Kier molecular flexibility index (Phi) is 3.06. The van der Waals surface area contributed by atoms with Gasteiger partial charge in [0.05, 0.1) is 6.61 Å². The molecular weight excluding hydrogens is 218 g/mol. The minimum Gasteiger partial charge on any atom is -0.493 e. The van der Waals surface area contributed by atoms with Crippen LogP contribution >= 0.6 is 11.8 Å². The third-order valence-electron chi connectivity index (χ3n) is 3.28. The third-order valence-corrected chi connectivity index (χ3v) is 4.70. The second-order valence-electron chi connectivity index (χ2n) is 4.54. The van der Waals surface area contributed by atoms with Crippen LogP contribution in [0, 0.1) is 5.92 Å². The number of hydrogen-bond donors (Lipinski definition) is 1. The second-order valence-corrected chi connectivity index (χ2v) is 5.61. The van der Waals surface area contributed by atoms with Gasteiger partial charge in [0.25, 0.3) is 0 Å². The first-order valence-electron chi connectivity index (χ1n) is 5.95. The van der Waals surface area contributed by atoms with E-state index in [1.165, 1.54) is 22.6 Å². The van der Waals surface area contributed by atoms with Gasteiger partial charge in [0.1, 0.15) is 5.75 Å². The van der Waals surface area contributed by atoms with Gasteiger partial charge in [-0.3, -0.25) is 0 Å². The molecule has 16 heavy (non-hydrogen) atoms. The molecule has 1 aromatic rings. The van der Waals surface area contributed by atoms with Crippen molar-refractivity contribution in [3.8, 4) is 5.75 Å². The van der Waals surface area contributed by atoms with Gasteiger partial charge in [-0.1, -0.05) is 12.1 Å². The molecule has 3 rings (SSSR count). The van der Waals surface area contributed by atoms with E-state index in [0.717, 1.165) is 37.8 Å². The zero-order chi connectivity index (χ0) is 10.8. The van der Waals surface area contributed by atoms with Crippen LogP contribution in [-0.2, 0) is 13.0 Å². The molecule has 1 fully saturated rings. The van der Waals surface area contributed by atoms with Gasteiger partial charge in [0.15, 0.2) is 0 Å². The van der Waals surface area contributed by atoms with Gasteiger partial charge < -0.3 is 10.1 Å². The van der Waals surface area contributed by atoms with E-state index in [2.05, 4.69) is 23.5 Å². The molecule has 0 unspecified atom stereocenters. The summed E-state index contributed by atoms with van der Waals surface area (Å²) in [6.07, 6.45) is 1.13. The molecular formula is C13H17NOS. The van der Waals surface area contributed by atoms with Gasteiger partial charge >= 0.3 is 0 Å². The maximum Gasteiger partial charge on any atom is 0.124 e. The average Bonchev–Trinajstić information content (AvgIpc) is 2.27. The van der Waals surface area contributed by atoms with Crippen molar-refractivity contribution in [3.05, 3.63) is 29.3 Å². The second kappa shape index (κ2) is 4.68. The summed E-state index contributed by atoms with van der Waals surface area (Å²) >= 11 is 2.02. The van der Waals surface area contributed by atoms with Crippen molar-refractivity contribution >= 4 is 11.8 Å². The predicted octanol–water partition coefficient (Wildman–Crippen LogP) is 2.07. The van der Waals surface area contributed by atoms with Crippen molar-refractivity contribution in [1.29, 1.82) is 0 Å². The molecule has 2 aliphatic heterocycles. The number of benzene rings is 1. The van der Waals surface area contributed by atoms with E-state index in [-0.39, 0.29) is 0 Å². The monoisotopic (exact) mass is 235 g/mol. The zero-order valence-corrected chi connectivity index (χ0v) is 10.2. The minimum atomic E-state index is 0.775. The van der Waals surface area contributed by atoms with Gasteiger partial charge in [-0.25, -0.2) is 0 Å². The Bertz CT molecular complexity index is 376. The first-order chi connectivity index (χ1) is 7.93. The van der Waals surface area contributed by atoms with Crippen molar-refractivity contribution in [2.75, 3.05) is 24.7 Å². The molecule has 2 aliphatic rings. The maximum atomic E-state index is 5.96. The number of rotatable bonds is 3. The molecule has 0 aromatic heterocycles. The molecule has 0 bridgehead atoms. The maximum absolute atomic E-state index is 5.96. The molecule has 86 valence electrons. The number of hydrogen-bond acceptors (Lipinski definition) is 3. The lowest BCUT2D eigenvalue weighted by Gasteiger charge is -2.26. The van der Waals surface area contributed by atoms with Crippen LogP contribution in [0.1, 0.15) is 11.1 Å². The Balaban J connectivity index is 1.72. The van der Waals surface area contributed by atoms with Crippen molar-refractivity contribution in [1.82, 2.24) is 5.32 Å². The molecule has 2 nitrogen and oxygen atoms in total. The molecule has 0 radical (unpaired) electrons. The van der Waals surface area contributed by atoms with Crippen LogP contribution in [0.15, 0.2) is 18.2 Å². The summed E-state index contributed by atoms with van der Waals surface area (Å²) in [5.41, 5.74) is 2.83. The largest absolute Gasteiger partial charge is 0.493 e. The fourth-order valence-corrected chi connectivity index (χ4v) is 2.97. The summed E-state index contributed by atoms with van der Waals surface area (Å²) in [4.78, 5) is 0. The van der Waals surface area contributed by atoms with Gasteiger partial charge in [-0.05, 0) is 24.6 Å². The number of nitrogens with one attached hydrogen (secondary N) is 1. The topological polar surface area (TPSA) is 21.3 Å². The Morgan fingerprint density at radius 2 is 2.31 bits per heavy atom. The van der Waals surface area contributed by atoms with Crippen LogP contribution < -0.4 is 10.1 Å². The Labute approximate surface area is 101 Å². The molecule has 1 saturated heterocycles. The summed E-state index contributed by atoms with van der Waals surface area (Å²) in [7, 11) is 0. The van der Waals surface area contributed by atoms with E-state index in [9.17, 15) is 0 Å². The number of ether oxygens (including phenoxy) is 1. The summed E-state index contributed by atoms with van der Waals surface area (Å²) in [5, 5.41) is 3.41. The van der Waals surface area contributed by atoms with Crippen LogP contribution in [0.4, 0.5) is 0 Å². The molecule has 2 heterocycles. The Morgan fingerprint density at radius 3 is 3.12 bits per heavy atom. The van der Waals surface area contributed by atoms with Gasteiger partial charge in [-0.15, -0.1) is 0 Å². The lowest BCUT2D eigenvalue weighted by molar-refractivity contribution is 0.266. The predicted molar refractivity (Wildman–Crippen MR) is 68.2 cm³/mol. The van der Waals surface area contributed by atoms with E-state index in [1.54, 1.807) is 0 Å². The van der Waals surface area contributed by atoms with E-state index >= 15 is 0 Å². The molecule has 3 heteroatoms. The van der Waals surface area contributed by atoms with Gasteiger partial charge in [0.2, 0.25) is 0 Å². The molecule has 0 spiro atoms. The van der Waals surface area contributed by atoms with E-state index < -0.39 is 0 Å². The van der Waals surface area contributed by atoms with Crippen LogP contribution in [-0.4, -0.2) is 24.7 Å². The molecule has 0 saturated carbocycles. The van der Waals surface area contributed by atoms with E-state index in [4.69, 9.17) is 4.74 Å². The smallest absolute Gasteiger partial charge is 0.124 e. The Morgan fingerprint density at radius 1 is 1.38 bits per heavy atom. The van der Waals surface area contributed by atoms with Crippen molar-refractivity contribution < 1.29 is 4.74 Å². The first kappa shape index (κ1) is 10.5. The summed E-state index contributed by atoms with van der Waals surface area (Å²) < 4.78 is 5.96. The van der Waals surface area contributed by atoms with E-state index in [1.807, 2.05) is 11.8 Å². The molecule has 0 atom stereocenters. The van der Waals surface area contributed by atoms with Gasteiger partial charge in [0, 0.05) is 29.5 Å². The highest BCUT2D eigenvalue weighted by molar-refractivity contribution is 8.00. The molecule has 0 amide bonds. The van der Waals surface area contributed by atoms with Crippen molar-refractivity contribution in [2.45, 2.75) is 13.0 Å². The number of thioether (sulfide) groups is 1.